The van der Waals surface area contributed by atoms with E-state index in [0.29, 0.717) is 50.4 Å². The third kappa shape index (κ3) is 4.05. The topological polar surface area (TPSA) is 96.4 Å². The maximum atomic E-state index is 12.8. The van der Waals surface area contributed by atoms with Crippen LogP contribution in [0.4, 0.5) is 0 Å². The standard InChI is InChI=1S/C20H26N2O6/c1-14(23)21-9-7-20(8-10-21)11-15(19(25)26)22(13-20)18(24)12-28-17-6-4-3-5-16(17)27-2/h3-6,15H,7-13H2,1-2H3,(H,25,26)/t15-/m1/s1. The van der Waals surface area contributed by atoms with Crippen LogP contribution in [0.15, 0.2) is 24.3 Å². The first kappa shape index (κ1) is 20.0. The van der Waals surface area contributed by atoms with Crippen molar-refractivity contribution in [2.75, 3.05) is 33.4 Å². The lowest BCUT2D eigenvalue weighted by Gasteiger charge is -2.38. The molecule has 2 amide bonds. The molecule has 2 aliphatic heterocycles. The number of carbonyl (C=O) groups excluding carboxylic acids is 2. The highest BCUT2D eigenvalue weighted by Gasteiger charge is 2.50. The number of hydrogen-bond donors (Lipinski definition) is 1. The van der Waals surface area contributed by atoms with E-state index in [1.807, 2.05) is 0 Å². The highest BCUT2D eigenvalue weighted by Crippen LogP contribution is 2.43. The molecule has 2 heterocycles. The summed E-state index contributed by atoms with van der Waals surface area (Å²) in [6.45, 7) is 2.87. The van der Waals surface area contributed by atoms with Crippen LogP contribution in [0.2, 0.25) is 0 Å². The Morgan fingerprint density at radius 3 is 2.39 bits per heavy atom. The van der Waals surface area contributed by atoms with Gasteiger partial charge in [-0.3, -0.25) is 9.59 Å². The summed E-state index contributed by atoms with van der Waals surface area (Å²) in [4.78, 5) is 39.3. The van der Waals surface area contributed by atoms with Crippen LogP contribution in [-0.4, -0.2) is 72.1 Å². The van der Waals surface area contributed by atoms with Crippen molar-refractivity contribution >= 4 is 17.8 Å². The largest absolute Gasteiger partial charge is 0.493 e. The molecule has 1 aromatic rings. The molecule has 1 N–H and O–H groups in total. The molecule has 8 heteroatoms. The number of carboxylic acids is 1. The number of aliphatic carboxylic acids is 1. The Kier molecular flexibility index (Phi) is 5.76. The first-order chi connectivity index (χ1) is 13.3. The zero-order valence-electron chi connectivity index (χ0n) is 16.2. The molecule has 1 atom stereocenters. The Morgan fingerprint density at radius 2 is 1.82 bits per heavy atom. The number of hydrogen-bond acceptors (Lipinski definition) is 5. The van der Waals surface area contributed by atoms with Crippen LogP contribution in [0.5, 0.6) is 11.5 Å². The zero-order chi connectivity index (χ0) is 20.3. The summed E-state index contributed by atoms with van der Waals surface area (Å²) in [5, 5.41) is 9.63. The highest BCUT2D eigenvalue weighted by atomic mass is 16.5. The molecular weight excluding hydrogens is 364 g/mol. The van der Waals surface area contributed by atoms with Crippen LogP contribution >= 0.6 is 0 Å². The second-order valence-corrected chi connectivity index (χ2v) is 7.53. The van der Waals surface area contributed by atoms with Gasteiger partial charge in [-0.05, 0) is 36.8 Å². The number of carbonyl (C=O) groups is 3. The molecule has 0 aliphatic carbocycles. The van der Waals surface area contributed by atoms with Crippen molar-refractivity contribution < 1.29 is 29.0 Å². The van der Waals surface area contributed by atoms with E-state index in [1.54, 1.807) is 29.2 Å². The van der Waals surface area contributed by atoms with Gasteiger partial charge in [-0.25, -0.2) is 4.79 Å². The minimum Gasteiger partial charge on any atom is -0.493 e. The number of nitrogens with zero attached hydrogens (tertiary/aromatic N) is 2. The number of rotatable bonds is 5. The molecule has 3 rings (SSSR count). The third-order valence-electron chi connectivity index (χ3n) is 5.80. The number of para-hydroxylation sites is 2. The summed E-state index contributed by atoms with van der Waals surface area (Å²) >= 11 is 0. The van der Waals surface area contributed by atoms with E-state index in [-0.39, 0.29) is 23.8 Å². The summed E-state index contributed by atoms with van der Waals surface area (Å²) in [6.07, 6.45) is 1.81. The monoisotopic (exact) mass is 390 g/mol. The average Bonchev–Trinajstić information content (AvgIpc) is 3.06. The highest BCUT2D eigenvalue weighted by molar-refractivity contribution is 5.85. The second-order valence-electron chi connectivity index (χ2n) is 7.53. The summed E-state index contributed by atoms with van der Waals surface area (Å²) in [5.74, 6) is -0.380. The van der Waals surface area contributed by atoms with Crippen LogP contribution in [0.25, 0.3) is 0 Å². The molecule has 0 saturated carbocycles. The molecule has 2 aliphatic rings. The van der Waals surface area contributed by atoms with E-state index in [4.69, 9.17) is 9.47 Å². The van der Waals surface area contributed by atoms with Gasteiger partial charge in [-0.2, -0.15) is 0 Å². The molecule has 2 saturated heterocycles. The molecule has 0 bridgehead atoms. The van der Waals surface area contributed by atoms with Crippen LogP contribution < -0.4 is 9.47 Å². The maximum Gasteiger partial charge on any atom is 0.326 e. The van der Waals surface area contributed by atoms with Crippen LogP contribution in [0.1, 0.15) is 26.2 Å². The number of carboxylic acid groups (broad SMARTS) is 1. The number of amides is 2. The van der Waals surface area contributed by atoms with Gasteiger partial charge < -0.3 is 24.4 Å². The minimum atomic E-state index is -1.00. The van der Waals surface area contributed by atoms with E-state index >= 15 is 0 Å². The van der Waals surface area contributed by atoms with Gasteiger partial charge in [0.15, 0.2) is 18.1 Å². The lowest BCUT2D eigenvalue weighted by atomic mass is 9.76. The molecule has 2 fully saturated rings. The first-order valence-electron chi connectivity index (χ1n) is 9.39. The molecular formula is C20H26N2O6. The van der Waals surface area contributed by atoms with Crippen LogP contribution in [-0.2, 0) is 14.4 Å². The average molecular weight is 390 g/mol. The number of likely N-dealkylation sites (tertiary alicyclic amines) is 2. The van der Waals surface area contributed by atoms with Gasteiger partial charge in [-0.15, -0.1) is 0 Å². The van der Waals surface area contributed by atoms with Crippen molar-refractivity contribution in [2.45, 2.75) is 32.2 Å². The van der Waals surface area contributed by atoms with Gasteiger partial charge in [0.2, 0.25) is 5.91 Å². The fourth-order valence-electron chi connectivity index (χ4n) is 4.16. The van der Waals surface area contributed by atoms with Crippen molar-refractivity contribution in [3.05, 3.63) is 24.3 Å². The van der Waals surface area contributed by atoms with Gasteiger partial charge in [0.25, 0.3) is 5.91 Å². The van der Waals surface area contributed by atoms with Gasteiger partial charge in [-0.1, -0.05) is 12.1 Å². The van der Waals surface area contributed by atoms with Crippen molar-refractivity contribution in [1.82, 2.24) is 9.80 Å². The normalized spacial score (nSPS) is 20.9. The molecule has 0 radical (unpaired) electrons. The smallest absolute Gasteiger partial charge is 0.326 e. The minimum absolute atomic E-state index is 0.0285. The SMILES string of the molecule is COc1ccccc1OCC(=O)N1CC2(CCN(C(C)=O)CC2)C[C@@H]1C(=O)O. The Hall–Kier alpha value is -2.77. The fraction of sp³-hybridized carbons (Fsp3) is 0.550. The van der Waals surface area contributed by atoms with Gasteiger partial charge in [0.05, 0.1) is 7.11 Å². The molecule has 1 spiro atoms. The quantitative estimate of drug-likeness (QED) is 0.816. The van der Waals surface area contributed by atoms with Crippen LogP contribution in [0.3, 0.4) is 0 Å². The molecule has 8 nitrogen and oxygen atoms in total. The molecule has 0 unspecified atom stereocenters. The zero-order valence-corrected chi connectivity index (χ0v) is 16.2. The predicted octanol–water partition coefficient (Wildman–Crippen LogP) is 1.39. The number of ether oxygens (including phenoxy) is 2. The summed E-state index contributed by atoms with van der Waals surface area (Å²) in [7, 11) is 1.52. The van der Waals surface area contributed by atoms with E-state index < -0.39 is 12.0 Å². The van der Waals surface area contributed by atoms with Crippen molar-refractivity contribution in [2.24, 2.45) is 5.41 Å². The molecule has 1 aromatic carbocycles. The fourth-order valence-corrected chi connectivity index (χ4v) is 4.16. The Balaban J connectivity index is 1.67. The van der Waals surface area contributed by atoms with E-state index in [1.165, 1.54) is 18.9 Å². The van der Waals surface area contributed by atoms with Gasteiger partial charge >= 0.3 is 5.97 Å². The lowest BCUT2D eigenvalue weighted by Crippen LogP contribution is -2.45. The Labute approximate surface area is 164 Å². The molecule has 152 valence electrons. The van der Waals surface area contributed by atoms with E-state index in [0.717, 1.165) is 0 Å². The van der Waals surface area contributed by atoms with Crippen molar-refractivity contribution in [3.63, 3.8) is 0 Å². The number of piperidine rings is 1. The lowest BCUT2D eigenvalue weighted by molar-refractivity contribution is -0.149. The third-order valence-corrected chi connectivity index (χ3v) is 5.80. The number of benzene rings is 1. The van der Waals surface area contributed by atoms with E-state index in [2.05, 4.69) is 0 Å². The van der Waals surface area contributed by atoms with Crippen molar-refractivity contribution in [3.8, 4) is 11.5 Å². The first-order valence-corrected chi connectivity index (χ1v) is 9.39. The molecule has 28 heavy (non-hydrogen) atoms. The second kappa shape index (κ2) is 8.08. The van der Waals surface area contributed by atoms with E-state index in [9.17, 15) is 19.5 Å². The summed E-state index contributed by atoms with van der Waals surface area (Å²) < 4.78 is 10.8. The Bertz CT molecular complexity index is 757. The summed E-state index contributed by atoms with van der Waals surface area (Å²) in [5.41, 5.74) is -0.255. The number of methoxy groups -OCH3 is 1. The summed E-state index contributed by atoms with van der Waals surface area (Å²) in [6, 6.07) is 6.14. The van der Waals surface area contributed by atoms with Gasteiger partial charge in [0, 0.05) is 26.6 Å². The Morgan fingerprint density at radius 1 is 1.18 bits per heavy atom. The van der Waals surface area contributed by atoms with Crippen LogP contribution in [0, 0.1) is 5.41 Å². The molecule has 0 aromatic heterocycles. The van der Waals surface area contributed by atoms with Gasteiger partial charge in [0.1, 0.15) is 6.04 Å². The van der Waals surface area contributed by atoms with Crippen molar-refractivity contribution in [1.29, 1.82) is 0 Å². The predicted molar refractivity (Wildman–Crippen MR) is 100 cm³/mol. The maximum absolute atomic E-state index is 12.8.